The van der Waals surface area contributed by atoms with Crippen LogP contribution in [0.2, 0.25) is 0 Å². The Kier molecular flexibility index (Phi) is 6.82. The van der Waals surface area contributed by atoms with Crippen LogP contribution in [0.4, 0.5) is 0 Å². The molecular weight excluding hydrogens is 318 g/mol. The number of rotatable bonds is 6. The molecule has 2 rings (SSSR count). The summed E-state index contributed by atoms with van der Waals surface area (Å²) in [6.45, 7) is 0.711. The second-order valence-corrected chi connectivity index (χ2v) is 6.26. The second kappa shape index (κ2) is 8.85. The van der Waals surface area contributed by atoms with Crippen molar-refractivity contribution in [2.24, 2.45) is 0 Å². The quantitative estimate of drug-likeness (QED) is 0.703. The van der Waals surface area contributed by atoms with Crippen molar-refractivity contribution in [3.05, 3.63) is 24.4 Å². The number of methoxy groups -OCH3 is 1. The molecule has 0 saturated carbocycles. The summed E-state index contributed by atoms with van der Waals surface area (Å²) in [7, 11) is 1.46. The molecule has 1 saturated heterocycles. The molecule has 2 heterocycles. The first-order valence-electron chi connectivity index (χ1n) is 7.38. The molecule has 1 fully saturated rings. The van der Waals surface area contributed by atoms with Gasteiger partial charge in [-0.2, -0.15) is 0 Å². The van der Waals surface area contributed by atoms with Crippen molar-refractivity contribution >= 4 is 23.6 Å². The molecule has 2 atom stereocenters. The van der Waals surface area contributed by atoms with E-state index in [1.54, 1.807) is 11.1 Å². The molecule has 2 amide bonds. The first-order valence-corrected chi connectivity index (χ1v) is 8.36. The SMILES string of the molecule is COCC(=O)N1CC[C@@H](NC(=O)CSc2ccccn2)[C@H](O)C1. The topological polar surface area (TPSA) is 91.8 Å². The van der Waals surface area contributed by atoms with Gasteiger partial charge in [-0.25, -0.2) is 4.98 Å². The summed E-state index contributed by atoms with van der Waals surface area (Å²) in [6, 6.07) is 5.19. The van der Waals surface area contributed by atoms with Crippen LogP contribution in [0.15, 0.2) is 29.4 Å². The lowest BCUT2D eigenvalue weighted by molar-refractivity contribution is -0.139. The van der Waals surface area contributed by atoms with Crippen LogP contribution < -0.4 is 5.32 Å². The number of ether oxygens (including phenoxy) is 1. The number of hydrogen-bond donors (Lipinski definition) is 2. The van der Waals surface area contributed by atoms with Crippen LogP contribution in [-0.2, 0) is 14.3 Å². The molecule has 0 spiro atoms. The smallest absolute Gasteiger partial charge is 0.248 e. The average molecular weight is 339 g/mol. The highest BCUT2D eigenvalue weighted by atomic mass is 32.2. The molecule has 1 aliphatic heterocycles. The van der Waals surface area contributed by atoms with Crippen molar-refractivity contribution in [3.8, 4) is 0 Å². The predicted molar refractivity (Wildman–Crippen MR) is 86.0 cm³/mol. The van der Waals surface area contributed by atoms with E-state index in [1.165, 1.54) is 18.9 Å². The molecule has 126 valence electrons. The third-order valence-electron chi connectivity index (χ3n) is 3.54. The summed E-state index contributed by atoms with van der Waals surface area (Å²) in [5.74, 6) is -0.0598. The highest BCUT2D eigenvalue weighted by Gasteiger charge is 2.30. The number of nitrogens with zero attached hydrogens (tertiary/aromatic N) is 2. The lowest BCUT2D eigenvalue weighted by Crippen LogP contribution is -2.56. The van der Waals surface area contributed by atoms with E-state index >= 15 is 0 Å². The van der Waals surface area contributed by atoms with E-state index in [1.807, 2.05) is 18.2 Å². The van der Waals surface area contributed by atoms with E-state index in [0.717, 1.165) is 5.03 Å². The van der Waals surface area contributed by atoms with Crippen LogP contribution in [0.3, 0.4) is 0 Å². The summed E-state index contributed by atoms with van der Waals surface area (Å²) in [6.07, 6.45) is 1.43. The number of hydrogen-bond acceptors (Lipinski definition) is 6. The predicted octanol–water partition coefficient (Wildman–Crippen LogP) is -0.102. The van der Waals surface area contributed by atoms with Gasteiger partial charge in [0.2, 0.25) is 11.8 Å². The van der Waals surface area contributed by atoms with E-state index < -0.39 is 6.10 Å². The van der Waals surface area contributed by atoms with Gasteiger partial charge in [0.25, 0.3) is 0 Å². The van der Waals surface area contributed by atoms with Gasteiger partial charge in [-0.05, 0) is 18.6 Å². The number of carbonyl (C=O) groups excluding carboxylic acids is 2. The van der Waals surface area contributed by atoms with Crippen LogP contribution in [0, 0.1) is 0 Å². The number of aliphatic hydroxyl groups is 1. The van der Waals surface area contributed by atoms with Gasteiger partial charge in [-0.3, -0.25) is 9.59 Å². The molecule has 23 heavy (non-hydrogen) atoms. The Morgan fingerprint density at radius 1 is 1.52 bits per heavy atom. The lowest BCUT2D eigenvalue weighted by atomic mass is 10.0. The van der Waals surface area contributed by atoms with Crippen LogP contribution in [0.1, 0.15) is 6.42 Å². The fraction of sp³-hybridized carbons (Fsp3) is 0.533. The largest absolute Gasteiger partial charge is 0.389 e. The molecule has 1 aliphatic rings. The number of pyridine rings is 1. The van der Waals surface area contributed by atoms with E-state index in [9.17, 15) is 14.7 Å². The maximum atomic E-state index is 12.0. The van der Waals surface area contributed by atoms with Crippen LogP contribution in [-0.4, -0.2) is 71.5 Å². The van der Waals surface area contributed by atoms with E-state index in [4.69, 9.17) is 4.74 Å². The number of amides is 2. The molecule has 0 aromatic carbocycles. The Morgan fingerprint density at radius 3 is 3.00 bits per heavy atom. The molecule has 0 radical (unpaired) electrons. The van der Waals surface area contributed by atoms with Crippen molar-refractivity contribution < 1.29 is 19.4 Å². The third kappa shape index (κ3) is 5.49. The average Bonchev–Trinajstić information content (AvgIpc) is 2.56. The molecule has 0 bridgehead atoms. The first-order chi connectivity index (χ1) is 11.1. The van der Waals surface area contributed by atoms with E-state index in [-0.39, 0.29) is 36.8 Å². The fourth-order valence-corrected chi connectivity index (χ4v) is 3.03. The van der Waals surface area contributed by atoms with Gasteiger partial charge in [0.1, 0.15) is 6.61 Å². The molecule has 7 nitrogen and oxygen atoms in total. The monoisotopic (exact) mass is 339 g/mol. The van der Waals surface area contributed by atoms with Crippen molar-refractivity contribution in [3.63, 3.8) is 0 Å². The maximum Gasteiger partial charge on any atom is 0.248 e. The van der Waals surface area contributed by atoms with Crippen molar-refractivity contribution in [2.45, 2.75) is 23.6 Å². The molecule has 0 unspecified atom stereocenters. The van der Waals surface area contributed by atoms with Gasteiger partial charge in [0.15, 0.2) is 0 Å². The van der Waals surface area contributed by atoms with Gasteiger partial charge >= 0.3 is 0 Å². The van der Waals surface area contributed by atoms with Gasteiger partial charge in [-0.15, -0.1) is 0 Å². The fourth-order valence-electron chi connectivity index (χ4n) is 2.36. The Hall–Kier alpha value is -1.64. The van der Waals surface area contributed by atoms with Crippen LogP contribution >= 0.6 is 11.8 Å². The molecule has 1 aromatic heterocycles. The molecular formula is C15H21N3O4S. The Balaban J connectivity index is 1.75. The van der Waals surface area contributed by atoms with E-state index in [2.05, 4.69) is 10.3 Å². The number of aromatic nitrogens is 1. The normalized spacial score (nSPS) is 21.0. The first kappa shape index (κ1) is 17.7. The second-order valence-electron chi connectivity index (χ2n) is 5.26. The number of carbonyl (C=O) groups is 2. The van der Waals surface area contributed by atoms with Gasteiger partial charge in [-0.1, -0.05) is 17.8 Å². The standard InChI is InChI=1S/C15H21N3O4S/c1-22-9-15(21)18-7-5-11(12(19)8-18)17-13(20)10-23-14-4-2-3-6-16-14/h2-4,6,11-12,19H,5,7-10H2,1H3,(H,17,20)/t11-,12-/m1/s1. The summed E-state index contributed by atoms with van der Waals surface area (Å²) in [5, 5.41) is 13.7. The zero-order valence-corrected chi connectivity index (χ0v) is 13.8. The highest BCUT2D eigenvalue weighted by molar-refractivity contribution is 7.99. The minimum atomic E-state index is -0.770. The Bertz CT molecular complexity index is 529. The third-order valence-corrected chi connectivity index (χ3v) is 4.48. The number of β-amino-alcohol motifs (C(OH)–C–C–N with tert-alkyl or cyclic N) is 1. The lowest BCUT2D eigenvalue weighted by Gasteiger charge is -2.36. The van der Waals surface area contributed by atoms with Gasteiger partial charge in [0, 0.05) is 26.4 Å². The summed E-state index contributed by atoms with van der Waals surface area (Å²) >= 11 is 1.34. The Labute approximate surface area is 139 Å². The molecule has 1 aromatic rings. The van der Waals surface area contributed by atoms with Gasteiger partial charge < -0.3 is 20.1 Å². The number of thioether (sulfide) groups is 1. The number of likely N-dealkylation sites (tertiary alicyclic amines) is 1. The van der Waals surface area contributed by atoms with Crippen LogP contribution in [0.25, 0.3) is 0 Å². The number of piperidine rings is 1. The van der Waals surface area contributed by atoms with Crippen molar-refractivity contribution in [2.75, 3.05) is 32.6 Å². The minimum absolute atomic E-state index is 0.00443. The molecule has 8 heteroatoms. The van der Waals surface area contributed by atoms with Crippen LogP contribution in [0.5, 0.6) is 0 Å². The van der Waals surface area contributed by atoms with E-state index in [0.29, 0.717) is 13.0 Å². The molecule has 2 N–H and O–H groups in total. The Morgan fingerprint density at radius 2 is 2.35 bits per heavy atom. The number of aliphatic hydroxyl groups excluding tert-OH is 1. The maximum absolute atomic E-state index is 12.0. The minimum Gasteiger partial charge on any atom is -0.389 e. The summed E-state index contributed by atoms with van der Waals surface area (Å²) < 4.78 is 4.81. The summed E-state index contributed by atoms with van der Waals surface area (Å²) in [5.41, 5.74) is 0. The summed E-state index contributed by atoms with van der Waals surface area (Å²) in [4.78, 5) is 29.4. The zero-order chi connectivity index (χ0) is 16.7. The van der Waals surface area contributed by atoms with Crippen molar-refractivity contribution in [1.29, 1.82) is 0 Å². The van der Waals surface area contributed by atoms with Gasteiger partial charge in [0.05, 0.1) is 22.9 Å². The number of nitrogens with one attached hydrogen (secondary N) is 1. The molecule has 0 aliphatic carbocycles. The van der Waals surface area contributed by atoms with Crippen molar-refractivity contribution in [1.82, 2.24) is 15.2 Å². The zero-order valence-electron chi connectivity index (χ0n) is 13.0. The highest BCUT2D eigenvalue weighted by Crippen LogP contribution is 2.15.